The van der Waals surface area contributed by atoms with Gasteiger partial charge in [0.05, 0.1) is 17.5 Å². The van der Waals surface area contributed by atoms with E-state index in [1.54, 1.807) is 12.1 Å². The number of nitrogens with one attached hydrogen (secondary N) is 1. The van der Waals surface area contributed by atoms with Gasteiger partial charge in [0.25, 0.3) is 0 Å². The third-order valence-electron chi connectivity index (χ3n) is 4.71. The second-order valence-corrected chi connectivity index (χ2v) is 10.1. The van der Waals surface area contributed by atoms with Crippen molar-refractivity contribution in [1.29, 1.82) is 0 Å². The lowest BCUT2D eigenvalue weighted by atomic mass is 10.1. The molecule has 3 rings (SSSR count). The molecule has 148 valence electrons. The lowest BCUT2D eigenvalue weighted by Gasteiger charge is -2.20. The number of nitrogens with zero attached hydrogens (tertiary/aromatic N) is 1. The Kier molecular flexibility index (Phi) is 5.62. The van der Waals surface area contributed by atoms with Crippen LogP contribution in [-0.4, -0.2) is 30.4 Å². The first kappa shape index (κ1) is 20.5. The van der Waals surface area contributed by atoms with Crippen molar-refractivity contribution < 1.29 is 19.0 Å². The lowest BCUT2D eigenvalue weighted by Crippen LogP contribution is -2.17. The molecule has 8 heteroatoms. The standard InChI is InChI=1S/C20H23N2O4PS/c1-11-6-7-16(12(2)8-11)27(25,26-5)22-15-9-17(28-19(15)20(23)24)18-13(3)10-21-14(18)4/h6-9H,10H2,1-5H3,(H,22,25)(H,23,24). The Morgan fingerprint density at radius 1 is 1.25 bits per heavy atom. The van der Waals surface area contributed by atoms with Gasteiger partial charge in [-0.25, -0.2) is 4.79 Å². The van der Waals surface area contributed by atoms with Gasteiger partial charge in [-0.2, -0.15) is 0 Å². The van der Waals surface area contributed by atoms with Crippen LogP contribution in [0.2, 0.25) is 0 Å². The van der Waals surface area contributed by atoms with Crippen LogP contribution in [0, 0.1) is 13.8 Å². The summed E-state index contributed by atoms with van der Waals surface area (Å²) in [7, 11) is -2.14. The third kappa shape index (κ3) is 3.70. The average Bonchev–Trinajstić information content (AvgIpc) is 3.17. The van der Waals surface area contributed by atoms with Crippen LogP contribution in [0.4, 0.5) is 5.69 Å². The molecule has 0 saturated carbocycles. The number of aromatic carboxylic acids is 1. The fraction of sp³-hybridized carbons (Fsp3) is 0.300. The number of allylic oxidation sites excluding steroid dienone is 1. The molecule has 1 atom stereocenters. The van der Waals surface area contributed by atoms with E-state index in [1.807, 2.05) is 39.8 Å². The Bertz CT molecular complexity index is 1070. The van der Waals surface area contributed by atoms with Gasteiger partial charge in [-0.1, -0.05) is 17.7 Å². The Morgan fingerprint density at radius 3 is 2.50 bits per heavy atom. The van der Waals surface area contributed by atoms with Gasteiger partial charge in [0.15, 0.2) is 0 Å². The largest absolute Gasteiger partial charge is 0.477 e. The monoisotopic (exact) mass is 418 g/mol. The molecule has 6 nitrogen and oxygen atoms in total. The predicted octanol–water partition coefficient (Wildman–Crippen LogP) is 4.89. The molecule has 1 aromatic carbocycles. The molecule has 0 amide bonds. The van der Waals surface area contributed by atoms with Crippen LogP contribution >= 0.6 is 18.9 Å². The summed E-state index contributed by atoms with van der Waals surface area (Å²) in [5.41, 5.74) is 5.09. The molecule has 0 saturated heterocycles. The van der Waals surface area contributed by atoms with Crippen molar-refractivity contribution in [3.8, 4) is 0 Å². The van der Waals surface area contributed by atoms with E-state index in [0.29, 0.717) is 11.8 Å². The van der Waals surface area contributed by atoms with E-state index in [4.69, 9.17) is 4.52 Å². The number of carboxylic acid groups (broad SMARTS) is 1. The molecule has 0 spiro atoms. The number of anilines is 1. The zero-order chi connectivity index (χ0) is 20.6. The number of aryl methyl sites for hydroxylation is 2. The van der Waals surface area contributed by atoms with Gasteiger partial charge in [0.1, 0.15) is 4.88 Å². The highest BCUT2D eigenvalue weighted by Gasteiger charge is 2.30. The van der Waals surface area contributed by atoms with E-state index < -0.39 is 13.5 Å². The highest BCUT2D eigenvalue weighted by Crippen LogP contribution is 2.48. The van der Waals surface area contributed by atoms with Gasteiger partial charge < -0.3 is 14.7 Å². The molecule has 1 unspecified atom stereocenters. The number of rotatable bonds is 6. The van der Waals surface area contributed by atoms with Gasteiger partial charge >= 0.3 is 13.5 Å². The van der Waals surface area contributed by atoms with Crippen LogP contribution in [0.1, 0.15) is 39.5 Å². The van der Waals surface area contributed by atoms with Crippen molar-refractivity contribution in [1.82, 2.24) is 0 Å². The minimum absolute atomic E-state index is 0.0945. The van der Waals surface area contributed by atoms with Crippen molar-refractivity contribution in [2.45, 2.75) is 27.7 Å². The Balaban J connectivity index is 2.08. The van der Waals surface area contributed by atoms with Gasteiger partial charge in [-0.3, -0.25) is 9.56 Å². The second-order valence-electron chi connectivity index (χ2n) is 6.85. The number of benzene rings is 1. The fourth-order valence-electron chi connectivity index (χ4n) is 3.35. The van der Waals surface area contributed by atoms with E-state index >= 15 is 0 Å². The summed E-state index contributed by atoms with van der Waals surface area (Å²) in [6.45, 7) is 8.33. The average molecular weight is 418 g/mol. The van der Waals surface area contributed by atoms with Crippen LogP contribution in [0.5, 0.6) is 0 Å². The molecule has 0 bridgehead atoms. The Morgan fingerprint density at radius 2 is 1.96 bits per heavy atom. The summed E-state index contributed by atoms with van der Waals surface area (Å²) in [4.78, 5) is 17.1. The number of thiophene rings is 1. The van der Waals surface area contributed by atoms with Gasteiger partial charge in [-0.15, -0.1) is 11.3 Å². The van der Waals surface area contributed by atoms with E-state index in [0.717, 1.165) is 44.2 Å². The van der Waals surface area contributed by atoms with Crippen LogP contribution in [0.3, 0.4) is 0 Å². The zero-order valence-corrected chi connectivity index (χ0v) is 18.2. The Hall–Kier alpha value is -2.21. The maximum absolute atomic E-state index is 13.6. The molecule has 0 aliphatic carbocycles. The summed E-state index contributed by atoms with van der Waals surface area (Å²) in [6.07, 6.45) is 0. The lowest BCUT2D eigenvalue weighted by molar-refractivity contribution is 0.0703. The SMILES string of the molecule is COP(=O)(Nc1cc(C2=C(C)CN=C2C)sc1C(=O)O)c1ccc(C)cc1C. The fourth-order valence-corrected chi connectivity index (χ4v) is 6.25. The summed E-state index contributed by atoms with van der Waals surface area (Å²) in [6, 6.07) is 7.27. The minimum Gasteiger partial charge on any atom is -0.477 e. The third-order valence-corrected chi connectivity index (χ3v) is 8.04. The molecular formula is C20H23N2O4PS. The molecule has 1 aliphatic heterocycles. The van der Waals surface area contributed by atoms with E-state index in [9.17, 15) is 14.5 Å². The first-order chi connectivity index (χ1) is 13.2. The van der Waals surface area contributed by atoms with E-state index in [2.05, 4.69) is 10.1 Å². The van der Waals surface area contributed by atoms with Crippen LogP contribution in [0.15, 0.2) is 34.8 Å². The highest BCUT2D eigenvalue weighted by molar-refractivity contribution is 7.68. The maximum Gasteiger partial charge on any atom is 0.348 e. The number of aliphatic imine (C=N–C) groups is 1. The highest BCUT2D eigenvalue weighted by atomic mass is 32.1. The molecule has 0 fully saturated rings. The first-order valence-corrected chi connectivity index (χ1v) is 11.2. The summed E-state index contributed by atoms with van der Waals surface area (Å²) in [5, 5.41) is 13.1. The molecule has 1 aromatic heterocycles. The number of hydrogen-bond donors (Lipinski definition) is 2. The molecule has 28 heavy (non-hydrogen) atoms. The summed E-state index contributed by atoms with van der Waals surface area (Å²) in [5.74, 6) is -1.08. The zero-order valence-electron chi connectivity index (χ0n) is 16.5. The Labute approximate surface area is 168 Å². The van der Waals surface area contributed by atoms with E-state index in [-0.39, 0.29) is 10.6 Å². The molecular weight excluding hydrogens is 395 g/mol. The van der Waals surface area contributed by atoms with Crippen molar-refractivity contribution in [2.24, 2.45) is 4.99 Å². The minimum atomic E-state index is -3.50. The quantitative estimate of drug-likeness (QED) is 0.652. The van der Waals surface area contributed by atoms with Crippen molar-refractivity contribution >= 4 is 47.1 Å². The topological polar surface area (TPSA) is 88.0 Å². The smallest absolute Gasteiger partial charge is 0.348 e. The van der Waals surface area contributed by atoms with Gasteiger partial charge in [-0.05, 0) is 51.0 Å². The van der Waals surface area contributed by atoms with Gasteiger partial charge in [0, 0.05) is 23.3 Å². The number of carbonyl (C=O) groups is 1. The van der Waals surface area contributed by atoms with Crippen LogP contribution in [-0.2, 0) is 9.09 Å². The van der Waals surface area contributed by atoms with Crippen molar-refractivity contribution in [3.05, 3.63) is 50.7 Å². The number of hydrogen-bond acceptors (Lipinski definition) is 5. The van der Waals surface area contributed by atoms with Crippen molar-refractivity contribution in [2.75, 3.05) is 18.7 Å². The van der Waals surface area contributed by atoms with Crippen molar-refractivity contribution in [3.63, 3.8) is 0 Å². The summed E-state index contributed by atoms with van der Waals surface area (Å²) < 4.78 is 18.9. The molecule has 0 radical (unpaired) electrons. The molecule has 1 aliphatic rings. The maximum atomic E-state index is 13.6. The normalized spacial score (nSPS) is 16.1. The molecule has 2 aromatic rings. The summed E-state index contributed by atoms with van der Waals surface area (Å²) >= 11 is 1.15. The predicted molar refractivity (Wildman–Crippen MR) is 116 cm³/mol. The second kappa shape index (κ2) is 7.66. The molecule has 2 N–H and O–H groups in total. The van der Waals surface area contributed by atoms with Gasteiger partial charge in [0.2, 0.25) is 0 Å². The number of carboxylic acids is 1. The van der Waals surface area contributed by atoms with E-state index in [1.165, 1.54) is 7.11 Å². The molecule has 2 heterocycles. The van der Waals surface area contributed by atoms with Crippen LogP contribution in [0.25, 0.3) is 5.57 Å². The van der Waals surface area contributed by atoms with Crippen LogP contribution < -0.4 is 10.4 Å². The first-order valence-electron chi connectivity index (χ1n) is 8.77.